The molecule has 0 aliphatic carbocycles. The summed E-state index contributed by atoms with van der Waals surface area (Å²) in [5.41, 5.74) is 1.08. The van der Waals surface area contributed by atoms with E-state index in [1.54, 1.807) is 0 Å². The number of rotatable bonds is 8. The van der Waals surface area contributed by atoms with Crippen LogP contribution in [0.5, 0.6) is 11.5 Å². The van der Waals surface area contributed by atoms with Crippen LogP contribution in [0, 0.1) is 5.82 Å². The van der Waals surface area contributed by atoms with Gasteiger partial charge in [-0.05, 0) is 56.0 Å². The van der Waals surface area contributed by atoms with Gasteiger partial charge in [0.05, 0.1) is 19.4 Å². The molecule has 1 aromatic carbocycles. The van der Waals surface area contributed by atoms with Crippen LogP contribution in [0.2, 0.25) is 10.3 Å². The van der Waals surface area contributed by atoms with Crippen LogP contribution in [0.3, 0.4) is 0 Å². The van der Waals surface area contributed by atoms with Gasteiger partial charge >= 0.3 is 0 Å². The number of nitrogens with zero attached hydrogens (tertiary/aromatic N) is 3. The zero-order valence-corrected chi connectivity index (χ0v) is 18.1. The minimum absolute atomic E-state index is 0.0317. The molecule has 0 atom stereocenters. The molecule has 1 N–H and O–H groups in total. The molecule has 6 nitrogen and oxygen atoms in total. The van der Waals surface area contributed by atoms with Gasteiger partial charge in [0.15, 0.2) is 11.6 Å². The second-order valence-corrected chi connectivity index (χ2v) is 7.52. The number of ether oxygens (including phenoxy) is 2. The molecule has 2 aromatic rings. The molecule has 9 heteroatoms. The van der Waals surface area contributed by atoms with Gasteiger partial charge in [-0.1, -0.05) is 11.6 Å². The number of anilines is 1. The van der Waals surface area contributed by atoms with Crippen LogP contribution in [-0.4, -0.2) is 47.2 Å². The van der Waals surface area contributed by atoms with E-state index in [1.807, 2.05) is 26.0 Å². The van der Waals surface area contributed by atoms with Crippen molar-refractivity contribution in [3.63, 3.8) is 0 Å². The lowest BCUT2D eigenvalue weighted by molar-refractivity contribution is 0.210. The van der Waals surface area contributed by atoms with Crippen LogP contribution >= 0.6 is 23.2 Å². The smallest absolute Gasteiger partial charge is 0.224 e. The Kier molecular flexibility index (Phi) is 7.75. The zero-order chi connectivity index (χ0) is 20.8. The molecular formula is C20H25Cl2FN4O2. The Labute approximate surface area is 180 Å². The molecule has 1 fully saturated rings. The minimum Gasteiger partial charge on any atom is -0.492 e. The van der Waals surface area contributed by atoms with Gasteiger partial charge in [-0.2, -0.15) is 4.98 Å². The van der Waals surface area contributed by atoms with E-state index in [0.29, 0.717) is 29.7 Å². The first kappa shape index (κ1) is 21.9. The molecule has 2 heterocycles. The topological polar surface area (TPSA) is 59.5 Å². The zero-order valence-electron chi connectivity index (χ0n) is 16.6. The number of halogens is 3. The van der Waals surface area contributed by atoms with Gasteiger partial charge in [0.25, 0.3) is 0 Å². The van der Waals surface area contributed by atoms with Crippen molar-refractivity contribution in [3.8, 4) is 11.5 Å². The first-order valence-corrected chi connectivity index (χ1v) is 10.5. The third-order valence-corrected chi connectivity index (χ3v) is 5.27. The van der Waals surface area contributed by atoms with Gasteiger partial charge in [-0.25, -0.2) is 9.37 Å². The predicted molar refractivity (Wildman–Crippen MR) is 113 cm³/mol. The molecule has 0 amide bonds. The SMILES string of the molecule is CCOc1cc(CN2CCC(Nc3nc(Cl)ncc3F)CC2)cc(OCC)c1Cl. The van der Waals surface area contributed by atoms with Gasteiger partial charge < -0.3 is 14.8 Å². The van der Waals surface area contributed by atoms with Crippen molar-refractivity contribution < 1.29 is 13.9 Å². The van der Waals surface area contributed by atoms with Gasteiger partial charge in [-0.15, -0.1) is 0 Å². The van der Waals surface area contributed by atoms with Gasteiger partial charge in [0.2, 0.25) is 5.28 Å². The van der Waals surface area contributed by atoms with E-state index in [1.165, 1.54) is 0 Å². The third kappa shape index (κ3) is 5.84. The fourth-order valence-electron chi connectivity index (χ4n) is 3.37. The number of hydrogen-bond donors (Lipinski definition) is 1. The summed E-state index contributed by atoms with van der Waals surface area (Å²) >= 11 is 12.1. The van der Waals surface area contributed by atoms with Gasteiger partial charge in [-0.3, -0.25) is 4.90 Å². The molecule has 1 saturated heterocycles. The second kappa shape index (κ2) is 10.3. The standard InChI is InChI=1S/C20H25Cl2FN4O2/c1-3-28-16-9-13(10-17(18(16)21)29-4-2)12-27-7-5-14(6-8-27)25-19-15(23)11-24-20(22)26-19/h9-11,14H,3-8,12H2,1-2H3,(H,24,25,26). The summed E-state index contributed by atoms with van der Waals surface area (Å²) < 4.78 is 25.1. The molecule has 29 heavy (non-hydrogen) atoms. The minimum atomic E-state index is -0.495. The number of piperidine rings is 1. The molecule has 158 valence electrons. The normalized spacial score (nSPS) is 15.3. The van der Waals surface area contributed by atoms with E-state index in [9.17, 15) is 4.39 Å². The van der Waals surface area contributed by atoms with Crippen molar-refractivity contribution in [1.29, 1.82) is 0 Å². The van der Waals surface area contributed by atoms with E-state index in [0.717, 1.165) is 44.2 Å². The highest BCUT2D eigenvalue weighted by atomic mass is 35.5. The van der Waals surface area contributed by atoms with E-state index in [-0.39, 0.29) is 17.1 Å². The summed E-state index contributed by atoms with van der Waals surface area (Å²) in [6.07, 6.45) is 2.82. The number of aromatic nitrogens is 2. The van der Waals surface area contributed by atoms with E-state index in [2.05, 4.69) is 20.2 Å². The fraction of sp³-hybridized carbons (Fsp3) is 0.500. The van der Waals surface area contributed by atoms with E-state index < -0.39 is 5.82 Å². The first-order chi connectivity index (χ1) is 14.0. The first-order valence-electron chi connectivity index (χ1n) is 9.75. The molecule has 3 rings (SSSR count). The highest BCUT2D eigenvalue weighted by Crippen LogP contribution is 2.36. The summed E-state index contributed by atoms with van der Waals surface area (Å²) in [4.78, 5) is 9.91. The summed E-state index contributed by atoms with van der Waals surface area (Å²) in [7, 11) is 0. The van der Waals surface area contributed by atoms with Crippen molar-refractivity contribution in [3.05, 3.63) is 40.0 Å². The van der Waals surface area contributed by atoms with Crippen LogP contribution in [-0.2, 0) is 6.54 Å². The Morgan fingerprint density at radius 3 is 2.34 bits per heavy atom. The summed E-state index contributed by atoms with van der Waals surface area (Å²) in [5, 5.41) is 3.68. The number of likely N-dealkylation sites (tertiary alicyclic amines) is 1. The molecule has 0 spiro atoms. The van der Waals surface area contributed by atoms with Crippen LogP contribution < -0.4 is 14.8 Å². The molecule has 0 saturated carbocycles. The maximum Gasteiger partial charge on any atom is 0.224 e. The number of hydrogen-bond acceptors (Lipinski definition) is 6. The second-order valence-electron chi connectivity index (χ2n) is 6.80. The maximum absolute atomic E-state index is 13.8. The highest BCUT2D eigenvalue weighted by Gasteiger charge is 2.22. The molecule has 1 aromatic heterocycles. The molecule has 0 bridgehead atoms. The Hall–Kier alpha value is -1.83. The summed E-state index contributed by atoms with van der Waals surface area (Å²) in [6.45, 7) is 7.43. The summed E-state index contributed by atoms with van der Waals surface area (Å²) in [5.74, 6) is 0.944. The Balaban J connectivity index is 1.61. The van der Waals surface area contributed by atoms with Crippen molar-refractivity contribution in [2.45, 2.75) is 39.3 Å². The molecule has 0 unspecified atom stereocenters. The van der Waals surface area contributed by atoms with Crippen LogP contribution in [0.15, 0.2) is 18.3 Å². The van der Waals surface area contributed by atoms with Gasteiger partial charge in [0, 0.05) is 25.7 Å². The molecule has 0 radical (unpaired) electrons. The van der Waals surface area contributed by atoms with Crippen molar-refractivity contribution in [2.24, 2.45) is 0 Å². The highest BCUT2D eigenvalue weighted by molar-refractivity contribution is 6.33. The number of benzene rings is 1. The lowest BCUT2D eigenvalue weighted by Gasteiger charge is -2.32. The van der Waals surface area contributed by atoms with E-state index in [4.69, 9.17) is 32.7 Å². The van der Waals surface area contributed by atoms with Crippen LogP contribution in [0.4, 0.5) is 10.2 Å². The van der Waals surface area contributed by atoms with Crippen LogP contribution in [0.1, 0.15) is 32.3 Å². The largest absolute Gasteiger partial charge is 0.492 e. The Morgan fingerprint density at radius 1 is 1.14 bits per heavy atom. The molecule has 1 aliphatic rings. The van der Waals surface area contributed by atoms with Crippen molar-refractivity contribution >= 4 is 29.0 Å². The maximum atomic E-state index is 13.8. The molecular weight excluding hydrogens is 418 g/mol. The Morgan fingerprint density at radius 2 is 1.76 bits per heavy atom. The Bertz CT molecular complexity index is 805. The summed E-state index contributed by atoms with van der Waals surface area (Å²) in [6, 6.07) is 4.07. The van der Waals surface area contributed by atoms with E-state index >= 15 is 0 Å². The van der Waals surface area contributed by atoms with Crippen molar-refractivity contribution in [2.75, 3.05) is 31.6 Å². The van der Waals surface area contributed by atoms with Crippen LogP contribution in [0.25, 0.3) is 0 Å². The predicted octanol–water partition coefficient (Wildman–Crippen LogP) is 4.80. The average molecular weight is 443 g/mol. The van der Waals surface area contributed by atoms with Gasteiger partial charge in [0.1, 0.15) is 16.5 Å². The average Bonchev–Trinajstić information content (AvgIpc) is 2.70. The lowest BCUT2D eigenvalue weighted by atomic mass is 10.0. The molecule has 1 aliphatic heterocycles. The monoisotopic (exact) mass is 442 g/mol. The quantitative estimate of drug-likeness (QED) is 0.592. The fourth-order valence-corrected chi connectivity index (χ4v) is 3.72. The number of nitrogens with one attached hydrogen (secondary N) is 1. The third-order valence-electron chi connectivity index (χ3n) is 4.71. The van der Waals surface area contributed by atoms with Crippen molar-refractivity contribution in [1.82, 2.24) is 14.9 Å². The lowest BCUT2D eigenvalue weighted by Crippen LogP contribution is -2.39.